The normalized spacial score (nSPS) is 11.2. The lowest BCUT2D eigenvalue weighted by Gasteiger charge is -2.20. The fourth-order valence-electron chi connectivity index (χ4n) is 3.20. The highest BCUT2D eigenvalue weighted by molar-refractivity contribution is 7.22. The van der Waals surface area contributed by atoms with Crippen LogP contribution >= 0.6 is 11.3 Å². The molecule has 0 aliphatic carbocycles. The first kappa shape index (κ1) is 20.0. The summed E-state index contributed by atoms with van der Waals surface area (Å²) < 4.78 is 6.93. The molecule has 0 aliphatic heterocycles. The maximum absolute atomic E-state index is 13.3. The third-order valence-electron chi connectivity index (χ3n) is 4.70. The molecule has 1 amide bonds. The van der Waals surface area contributed by atoms with E-state index in [9.17, 15) is 9.59 Å². The molecule has 4 aromatic rings. The van der Waals surface area contributed by atoms with Crippen molar-refractivity contribution in [3.8, 4) is 11.3 Å². The summed E-state index contributed by atoms with van der Waals surface area (Å²) in [5, 5.41) is 0.665. The van der Waals surface area contributed by atoms with Gasteiger partial charge in [-0.25, -0.2) is 4.98 Å². The zero-order chi connectivity index (χ0) is 21.3. The molecule has 0 bridgehead atoms. The number of fused-ring (bicyclic) bond motifs is 1. The summed E-state index contributed by atoms with van der Waals surface area (Å²) >= 11 is 1.50. The van der Waals surface area contributed by atoms with Crippen molar-refractivity contribution in [1.29, 1.82) is 0 Å². The number of Topliss-reactive ketones (excluding diaryl/α,β-unsaturated/α-hetero) is 1. The van der Waals surface area contributed by atoms with Gasteiger partial charge in [-0.15, -0.1) is 0 Å². The number of hydrogen-bond acceptors (Lipinski definition) is 5. The number of furan rings is 1. The molecule has 6 heteroatoms. The van der Waals surface area contributed by atoms with E-state index in [1.54, 1.807) is 29.2 Å². The maximum atomic E-state index is 13.3. The molecule has 4 rings (SSSR count). The molecule has 0 radical (unpaired) electrons. The van der Waals surface area contributed by atoms with Gasteiger partial charge in [0.05, 0.1) is 10.2 Å². The minimum absolute atomic E-state index is 0.0111. The highest BCUT2D eigenvalue weighted by atomic mass is 32.1. The van der Waals surface area contributed by atoms with E-state index in [2.05, 4.69) is 18.8 Å². The zero-order valence-electron chi connectivity index (χ0n) is 17.1. The topological polar surface area (TPSA) is 63.4 Å². The summed E-state index contributed by atoms with van der Waals surface area (Å²) in [7, 11) is 0. The van der Waals surface area contributed by atoms with Crippen molar-refractivity contribution < 1.29 is 14.0 Å². The first-order valence-electron chi connectivity index (χ1n) is 9.81. The van der Waals surface area contributed by atoms with Crippen molar-refractivity contribution >= 4 is 38.4 Å². The first-order chi connectivity index (χ1) is 14.4. The fraction of sp³-hybridized carbons (Fsp3) is 0.208. The van der Waals surface area contributed by atoms with Gasteiger partial charge in [0.25, 0.3) is 5.91 Å². The third kappa shape index (κ3) is 4.04. The largest absolute Gasteiger partial charge is 0.451 e. The van der Waals surface area contributed by atoms with Crippen molar-refractivity contribution in [2.45, 2.75) is 20.8 Å². The Hall–Kier alpha value is -3.25. The smallest absolute Gasteiger partial charge is 0.295 e. The van der Waals surface area contributed by atoms with E-state index in [-0.39, 0.29) is 23.4 Å². The lowest BCUT2D eigenvalue weighted by Crippen LogP contribution is -2.33. The van der Waals surface area contributed by atoms with Crippen molar-refractivity contribution in [3.05, 3.63) is 72.0 Å². The van der Waals surface area contributed by atoms with Crippen LogP contribution in [0.5, 0.6) is 0 Å². The molecule has 0 unspecified atom stereocenters. The number of hydrogen-bond donors (Lipinski definition) is 0. The van der Waals surface area contributed by atoms with E-state index in [0.29, 0.717) is 23.0 Å². The second kappa shape index (κ2) is 8.24. The van der Waals surface area contributed by atoms with Gasteiger partial charge >= 0.3 is 0 Å². The molecule has 0 saturated carbocycles. The number of aromatic nitrogens is 1. The molecular weight excluding hydrogens is 396 g/mol. The van der Waals surface area contributed by atoms with Crippen LogP contribution in [0.15, 0.2) is 65.1 Å². The molecule has 30 heavy (non-hydrogen) atoms. The van der Waals surface area contributed by atoms with Crippen LogP contribution in [0.3, 0.4) is 0 Å². The molecular formula is C24H22N2O3S. The van der Waals surface area contributed by atoms with Crippen LogP contribution in [0.2, 0.25) is 0 Å². The Balaban J connectivity index is 1.64. The van der Waals surface area contributed by atoms with Crippen LogP contribution in [0, 0.1) is 5.92 Å². The highest BCUT2D eigenvalue weighted by Crippen LogP contribution is 2.31. The van der Waals surface area contributed by atoms with Crippen molar-refractivity contribution in [2.75, 3.05) is 11.4 Å². The molecule has 0 atom stereocenters. The number of ketones is 1. The van der Waals surface area contributed by atoms with Crippen molar-refractivity contribution in [1.82, 2.24) is 4.98 Å². The second-order valence-corrected chi connectivity index (χ2v) is 8.58. The minimum Gasteiger partial charge on any atom is -0.451 e. The van der Waals surface area contributed by atoms with Gasteiger partial charge in [0, 0.05) is 17.7 Å². The van der Waals surface area contributed by atoms with Crippen LogP contribution in [-0.2, 0) is 0 Å². The van der Waals surface area contributed by atoms with Gasteiger partial charge < -0.3 is 4.42 Å². The zero-order valence-corrected chi connectivity index (χ0v) is 17.9. The van der Waals surface area contributed by atoms with E-state index in [4.69, 9.17) is 4.42 Å². The average molecular weight is 419 g/mol. The van der Waals surface area contributed by atoms with Gasteiger partial charge in [-0.1, -0.05) is 61.6 Å². The summed E-state index contributed by atoms with van der Waals surface area (Å²) in [5.74, 6) is 0.920. The van der Waals surface area contributed by atoms with E-state index < -0.39 is 0 Å². The number of thiazole rings is 1. The van der Waals surface area contributed by atoms with Crippen LogP contribution < -0.4 is 4.90 Å². The van der Waals surface area contributed by atoms with Crippen LogP contribution in [-0.4, -0.2) is 23.2 Å². The van der Waals surface area contributed by atoms with Crippen LogP contribution in [0.25, 0.3) is 21.5 Å². The number of rotatable bonds is 6. The van der Waals surface area contributed by atoms with Gasteiger partial charge in [0.15, 0.2) is 16.7 Å². The third-order valence-corrected chi connectivity index (χ3v) is 5.76. The number of carbonyl (C=O) groups excluding carboxylic acids is 2. The number of nitrogens with zero attached hydrogens (tertiary/aromatic N) is 2. The summed E-state index contributed by atoms with van der Waals surface area (Å²) in [6, 6.07) is 18.5. The molecule has 152 valence electrons. The Morgan fingerprint density at radius 1 is 1.03 bits per heavy atom. The van der Waals surface area contributed by atoms with E-state index in [0.717, 1.165) is 15.8 Å². The van der Waals surface area contributed by atoms with E-state index in [1.807, 2.05) is 36.4 Å². The van der Waals surface area contributed by atoms with Crippen molar-refractivity contribution in [2.24, 2.45) is 5.92 Å². The summed E-state index contributed by atoms with van der Waals surface area (Å²) in [6.07, 6.45) is 0. The van der Waals surface area contributed by atoms with E-state index >= 15 is 0 Å². The lowest BCUT2D eigenvalue weighted by molar-refractivity contribution is 0.0957. The SMILES string of the molecule is CC(=O)c1ccc(-c2ccc(C(=O)N(CC(C)C)c3nc4ccccc4s3)o2)cc1. The lowest BCUT2D eigenvalue weighted by atomic mass is 10.1. The van der Waals surface area contributed by atoms with Gasteiger partial charge in [-0.2, -0.15) is 0 Å². The molecule has 0 fully saturated rings. The van der Waals surface area contributed by atoms with Gasteiger partial charge in [0.1, 0.15) is 5.76 Å². The fourth-order valence-corrected chi connectivity index (χ4v) is 4.17. The molecule has 0 saturated heterocycles. The number of para-hydroxylation sites is 1. The molecule has 0 spiro atoms. The Morgan fingerprint density at radius 2 is 1.77 bits per heavy atom. The standard InChI is InChI=1S/C24H22N2O3S/c1-15(2)14-26(24-25-19-6-4-5-7-22(19)30-24)23(28)21-13-12-20(29-21)18-10-8-17(9-11-18)16(3)27/h4-13,15H,14H2,1-3H3. The van der Waals surface area contributed by atoms with Crippen LogP contribution in [0.1, 0.15) is 41.7 Å². The van der Waals surface area contributed by atoms with Gasteiger partial charge in [-0.05, 0) is 37.1 Å². The quantitative estimate of drug-likeness (QED) is 0.357. The van der Waals surface area contributed by atoms with Gasteiger partial charge in [0.2, 0.25) is 0 Å². The molecule has 5 nitrogen and oxygen atoms in total. The predicted octanol–water partition coefficient (Wildman–Crippen LogP) is 6.06. The summed E-state index contributed by atoms with van der Waals surface area (Å²) in [5.41, 5.74) is 2.33. The predicted molar refractivity (Wildman–Crippen MR) is 120 cm³/mol. The average Bonchev–Trinajstić information content (AvgIpc) is 3.38. The Morgan fingerprint density at radius 3 is 2.43 bits per heavy atom. The van der Waals surface area contributed by atoms with Crippen molar-refractivity contribution in [3.63, 3.8) is 0 Å². The maximum Gasteiger partial charge on any atom is 0.295 e. The molecule has 2 aromatic heterocycles. The molecule has 2 heterocycles. The summed E-state index contributed by atoms with van der Waals surface area (Å²) in [4.78, 5) is 31.1. The Bertz CT molecular complexity index is 1170. The summed E-state index contributed by atoms with van der Waals surface area (Å²) in [6.45, 7) is 6.21. The monoisotopic (exact) mass is 418 g/mol. The Kier molecular flexibility index (Phi) is 5.50. The molecule has 0 aliphatic rings. The first-order valence-corrected chi connectivity index (χ1v) is 10.6. The number of carbonyl (C=O) groups is 2. The number of amides is 1. The number of benzene rings is 2. The molecule has 2 aromatic carbocycles. The van der Waals surface area contributed by atoms with E-state index in [1.165, 1.54) is 18.3 Å². The highest BCUT2D eigenvalue weighted by Gasteiger charge is 2.25. The Labute approximate surface area is 179 Å². The second-order valence-electron chi connectivity index (χ2n) is 7.57. The number of anilines is 1. The van der Waals surface area contributed by atoms with Crippen LogP contribution in [0.4, 0.5) is 5.13 Å². The van der Waals surface area contributed by atoms with Gasteiger partial charge in [-0.3, -0.25) is 14.5 Å². The molecule has 0 N–H and O–H groups in total. The minimum atomic E-state index is -0.214.